The predicted molar refractivity (Wildman–Crippen MR) is 86.6 cm³/mol. The van der Waals surface area contributed by atoms with Crippen molar-refractivity contribution in [1.29, 1.82) is 0 Å². The van der Waals surface area contributed by atoms with Gasteiger partial charge in [-0.2, -0.15) is 4.31 Å². The molecule has 1 aliphatic heterocycles. The van der Waals surface area contributed by atoms with Crippen molar-refractivity contribution in [1.82, 2.24) is 4.31 Å². The van der Waals surface area contributed by atoms with Gasteiger partial charge in [-0.15, -0.1) is 6.58 Å². The van der Waals surface area contributed by atoms with Gasteiger partial charge in [0, 0.05) is 13.1 Å². The lowest BCUT2D eigenvalue weighted by atomic mass is 9.92. The van der Waals surface area contributed by atoms with Gasteiger partial charge < -0.3 is 0 Å². The number of hydrogen-bond donors (Lipinski definition) is 0. The zero-order chi connectivity index (χ0) is 15.6. The van der Waals surface area contributed by atoms with Crippen LogP contribution in [0.3, 0.4) is 0 Å². The Bertz CT molecular complexity index is 657. The van der Waals surface area contributed by atoms with Crippen LogP contribution in [0.15, 0.2) is 53.0 Å². The molecule has 4 heteroatoms. The molecule has 21 heavy (non-hydrogen) atoms. The minimum Gasteiger partial charge on any atom is -0.207 e. The molecule has 0 aliphatic carbocycles. The zero-order valence-corrected chi connectivity index (χ0v) is 13.8. The molecule has 114 valence electrons. The summed E-state index contributed by atoms with van der Waals surface area (Å²) in [7, 11) is -3.42. The van der Waals surface area contributed by atoms with Crippen molar-refractivity contribution in [2.75, 3.05) is 13.1 Å². The summed E-state index contributed by atoms with van der Waals surface area (Å²) in [6.45, 7) is 10.9. The van der Waals surface area contributed by atoms with Crippen molar-refractivity contribution in [3.63, 3.8) is 0 Å². The van der Waals surface area contributed by atoms with E-state index in [1.165, 1.54) is 11.1 Å². The van der Waals surface area contributed by atoms with Gasteiger partial charge in [-0.05, 0) is 38.3 Å². The summed E-state index contributed by atoms with van der Waals surface area (Å²) in [5, 5.41) is 0. The normalized spacial score (nSPS) is 20.6. The number of aryl methyl sites for hydroxylation is 1. The van der Waals surface area contributed by atoms with Crippen molar-refractivity contribution in [2.24, 2.45) is 5.92 Å². The van der Waals surface area contributed by atoms with Gasteiger partial charge in [0.2, 0.25) is 10.0 Å². The largest absolute Gasteiger partial charge is 0.243 e. The van der Waals surface area contributed by atoms with Crippen LogP contribution in [-0.2, 0) is 10.0 Å². The number of allylic oxidation sites excluding steroid dienone is 1. The molecule has 1 unspecified atom stereocenters. The van der Waals surface area contributed by atoms with Gasteiger partial charge in [0.25, 0.3) is 0 Å². The number of rotatable bonds is 4. The molecule has 0 spiro atoms. The second kappa shape index (κ2) is 6.16. The molecule has 0 aromatic heterocycles. The van der Waals surface area contributed by atoms with E-state index in [0.29, 0.717) is 18.0 Å². The number of nitrogens with zero attached hydrogens (tertiary/aromatic N) is 1. The molecule has 1 atom stereocenters. The van der Waals surface area contributed by atoms with Crippen LogP contribution in [0, 0.1) is 12.8 Å². The Balaban J connectivity index is 2.34. The minimum absolute atomic E-state index is 0.244. The summed E-state index contributed by atoms with van der Waals surface area (Å²) < 4.78 is 27.1. The van der Waals surface area contributed by atoms with Crippen LogP contribution < -0.4 is 0 Å². The van der Waals surface area contributed by atoms with E-state index in [9.17, 15) is 8.42 Å². The summed E-state index contributed by atoms with van der Waals surface area (Å²) in [6, 6.07) is 7.05. The molecule has 0 saturated carbocycles. The first kappa shape index (κ1) is 16.0. The fourth-order valence-corrected chi connectivity index (χ4v) is 4.16. The van der Waals surface area contributed by atoms with Gasteiger partial charge in [-0.3, -0.25) is 0 Å². The van der Waals surface area contributed by atoms with Gasteiger partial charge in [-0.1, -0.05) is 41.8 Å². The van der Waals surface area contributed by atoms with Crippen LogP contribution in [0.4, 0.5) is 0 Å². The summed E-state index contributed by atoms with van der Waals surface area (Å²) in [4.78, 5) is 0.373. The summed E-state index contributed by atoms with van der Waals surface area (Å²) in [5.41, 5.74) is 3.52. The molecule has 1 aliphatic rings. The average Bonchev–Trinajstić information content (AvgIpc) is 2.44. The van der Waals surface area contributed by atoms with Crippen molar-refractivity contribution in [2.45, 2.75) is 32.1 Å². The molecular formula is C17H23NO2S. The molecule has 0 N–H and O–H groups in total. The SMILES string of the molecule is C=CCC1=C(C)C(C)CN(S(=O)(=O)c2ccc(C)cc2)C1. The van der Waals surface area contributed by atoms with Crippen LogP contribution in [0.1, 0.15) is 25.8 Å². The highest BCUT2D eigenvalue weighted by molar-refractivity contribution is 7.89. The Hall–Kier alpha value is -1.39. The maximum atomic E-state index is 12.8. The van der Waals surface area contributed by atoms with E-state index >= 15 is 0 Å². The Morgan fingerprint density at radius 1 is 1.29 bits per heavy atom. The van der Waals surface area contributed by atoms with E-state index in [0.717, 1.165) is 12.0 Å². The lowest BCUT2D eigenvalue weighted by Crippen LogP contribution is -2.40. The smallest absolute Gasteiger partial charge is 0.207 e. The molecule has 0 bridgehead atoms. The van der Waals surface area contributed by atoms with Gasteiger partial charge >= 0.3 is 0 Å². The summed E-state index contributed by atoms with van der Waals surface area (Å²) >= 11 is 0. The predicted octanol–water partition coefficient (Wildman–Crippen LogP) is 3.53. The monoisotopic (exact) mass is 305 g/mol. The summed E-state index contributed by atoms with van der Waals surface area (Å²) in [6.07, 6.45) is 2.59. The Morgan fingerprint density at radius 2 is 1.90 bits per heavy atom. The molecule has 1 aromatic rings. The lowest BCUT2D eigenvalue weighted by Gasteiger charge is -2.33. The van der Waals surface area contributed by atoms with Crippen LogP contribution in [0.25, 0.3) is 0 Å². The van der Waals surface area contributed by atoms with Crippen LogP contribution in [0.5, 0.6) is 0 Å². The second-order valence-corrected chi connectivity index (χ2v) is 7.73. The highest BCUT2D eigenvalue weighted by Gasteiger charge is 2.31. The first-order valence-corrected chi connectivity index (χ1v) is 8.66. The standard InChI is InChI=1S/C17H23NO2S/c1-5-6-16-12-18(11-14(3)15(16)4)21(19,20)17-9-7-13(2)8-10-17/h5,7-10,14H,1,6,11-12H2,2-4H3. The summed E-state index contributed by atoms with van der Waals surface area (Å²) in [5.74, 6) is 0.244. The molecule has 2 rings (SSSR count). The molecule has 0 amide bonds. The Labute approximate surface area is 128 Å². The van der Waals surface area contributed by atoms with Crippen molar-refractivity contribution in [3.8, 4) is 0 Å². The van der Waals surface area contributed by atoms with Crippen LogP contribution in [0.2, 0.25) is 0 Å². The van der Waals surface area contributed by atoms with Gasteiger partial charge in [0.05, 0.1) is 4.90 Å². The van der Waals surface area contributed by atoms with E-state index in [1.807, 2.05) is 25.1 Å². The second-order valence-electron chi connectivity index (χ2n) is 5.79. The third-order valence-corrected chi connectivity index (χ3v) is 6.02. The fourth-order valence-electron chi connectivity index (χ4n) is 2.64. The van der Waals surface area contributed by atoms with Crippen molar-refractivity contribution < 1.29 is 8.42 Å². The van der Waals surface area contributed by atoms with Crippen molar-refractivity contribution >= 4 is 10.0 Å². The van der Waals surface area contributed by atoms with Crippen LogP contribution in [-0.4, -0.2) is 25.8 Å². The maximum absolute atomic E-state index is 12.8. The lowest BCUT2D eigenvalue weighted by molar-refractivity contribution is 0.369. The van der Waals surface area contributed by atoms with E-state index in [-0.39, 0.29) is 5.92 Å². The molecule has 3 nitrogen and oxygen atoms in total. The fraction of sp³-hybridized carbons (Fsp3) is 0.412. The topological polar surface area (TPSA) is 37.4 Å². The maximum Gasteiger partial charge on any atom is 0.243 e. The quantitative estimate of drug-likeness (QED) is 0.798. The van der Waals surface area contributed by atoms with E-state index in [1.54, 1.807) is 16.4 Å². The highest BCUT2D eigenvalue weighted by Crippen LogP contribution is 2.29. The van der Waals surface area contributed by atoms with E-state index in [4.69, 9.17) is 0 Å². The van der Waals surface area contributed by atoms with Crippen LogP contribution >= 0.6 is 0 Å². The Kier molecular flexibility index (Phi) is 4.69. The molecule has 0 radical (unpaired) electrons. The molecule has 1 heterocycles. The molecule has 0 fully saturated rings. The molecule has 1 aromatic carbocycles. The first-order valence-electron chi connectivity index (χ1n) is 7.22. The number of benzene rings is 1. The Morgan fingerprint density at radius 3 is 2.48 bits per heavy atom. The third kappa shape index (κ3) is 3.27. The first-order chi connectivity index (χ1) is 9.86. The van der Waals surface area contributed by atoms with Gasteiger partial charge in [0.15, 0.2) is 0 Å². The third-order valence-electron chi connectivity index (χ3n) is 4.19. The zero-order valence-electron chi connectivity index (χ0n) is 13.0. The number of sulfonamides is 1. The highest BCUT2D eigenvalue weighted by atomic mass is 32.2. The molecular weight excluding hydrogens is 282 g/mol. The number of hydrogen-bond acceptors (Lipinski definition) is 2. The van der Waals surface area contributed by atoms with E-state index < -0.39 is 10.0 Å². The van der Waals surface area contributed by atoms with Crippen molar-refractivity contribution in [3.05, 3.63) is 53.6 Å². The average molecular weight is 305 g/mol. The van der Waals surface area contributed by atoms with Gasteiger partial charge in [-0.25, -0.2) is 8.42 Å². The van der Waals surface area contributed by atoms with E-state index in [2.05, 4.69) is 20.4 Å². The minimum atomic E-state index is -3.42. The van der Waals surface area contributed by atoms with Gasteiger partial charge in [0.1, 0.15) is 0 Å². The molecule has 0 saturated heterocycles.